The summed E-state index contributed by atoms with van der Waals surface area (Å²) >= 11 is 5.29. The Morgan fingerprint density at radius 2 is 0.922 bits per heavy atom. The van der Waals surface area contributed by atoms with E-state index in [-0.39, 0.29) is 104 Å². The summed E-state index contributed by atoms with van der Waals surface area (Å²) in [7, 11) is -1.90. The summed E-state index contributed by atoms with van der Waals surface area (Å²) in [6, 6.07) is 21.7. The van der Waals surface area contributed by atoms with E-state index in [9.17, 15) is 72.3 Å². The normalized spacial score (nSPS) is 10.8. The number of aromatic nitrogens is 2. The van der Waals surface area contributed by atoms with Gasteiger partial charge in [0.25, 0.3) is 10.1 Å². The highest BCUT2D eigenvalue weighted by Crippen LogP contribution is 2.25. The van der Waals surface area contributed by atoms with Gasteiger partial charge in [-0.15, -0.1) is 0 Å². The number of aldehydes is 1. The lowest BCUT2D eigenvalue weighted by molar-refractivity contribution is -0.146. The molecule has 2 aromatic heterocycles. The van der Waals surface area contributed by atoms with Crippen LogP contribution in [0.2, 0.25) is 0 Å². The van der Waals surface area contributed by atoms with Crippen molar-refractivity contribution in [3.8, 4) is 46.7 Å². The molecule has 29 nitrogen and oxygen atoms in total. The van der Waals surface area contributed by atoms with E-state index < -0.39 is 90.6 Å². The maximum absolute atomic E-state index is 12.7. The number of nitrogens with one attached hydrogen (secondary N) is 2. The van der Waals surface area contributed by atoms with Crippen LogP contribution in [0, 0.1) is 23.7 Å². The molecule has 0 saturated heterocycles. The Kier molecular flexibility index (Phi) is 27.8. The molecular weight excluding hydrogens is 1220 g/mol. The van der Waals surface area contributed by atoms with Gasteiger partial charge < -0.3 is 69.4 Å². The van der Waals surface area contributed by atoms with Crippen molar-refractivity contribution in [2.24, 2.45) is 0 Å². The molecule has 31 heteroatoms. The third kappa shape index (κ3) is 27.6. The first-order chi connectivity index (χ1) is 42.8. The second-order valence-corrected chi connectivity index (χ2v) is 21.1. The zero-order valence-electron chi connectivity index (χ0n) is 48.2. The highest BCUT2D eigenvalue weighted by molar-refractivity contribution is 7.85. The number of hydrogen-bond donors (Lipinski definition) is 8. The number of ether oxygens (including phenoxy) is 6. The Morgan fingerprint density at radius 3 is 1.28 bits per heavy atom. The van der Waals surface area contributed by atoms with Gasteiger partial charge in [-0.25, -0.2) is 19.2 Å². The molecule has 0 atom stereocenters. The predicted molar refractivity (Wildman–Crippen MR) is 319 cm³/mol. The minimum atomic E-state index is -4.24. The van der Waals surface area contributed by atoms with Gasteiger partial charge in [0.1, 0.15) is 29.3 Å². The number of methoxy groups -OCH3 is 2. The number of carbonyl (C=O) groups is 8. The molecule has 8 N–H and O–H groups in total. The SMILES string of the molecule is COC(=O)CN(CC(=O)OC)Cc1cc(C#Cc2cc(OCC(=O)O)cc(OCC(=O)O)c2)cc(CN(CCc2ccc(NC(=S)NCCS(=O)(=O)O)cc2)Cc2cc(C#Cc3cc(OCC(=O)O)cc(OCC(=O)O)c3)cc(CN(CC=O)CC(=O)O)n2)n1. The molecule has 0 saturated carbocycles. The van der Waals surface area contributed by atoms with E-state index in [0.717, 1.165) is 5.56 Å². The summed E-state index contributed by atoms with van der Waals surface area (Å²) in [4.78, 5) is 109. The number of carboxylic acids is 5. The molecular formula is C59H61N7O22S2. The van der Waals surface area contributed by atoms with Gasteiger partial charge in [0.15, 0.2) is 31.5 Å². The second kappa shape index (κ2) is 35.5. The van der Waals surface area contributed by atoms with Crippen LogP contribution in [-0.2, 0) is 90.5 Å². The van der Waals surface area contributed by atoms with Crippen LogP contribution >= 0.6 is 12.2 Å². The Balaban J connectivity index is 1.67. The van der Waals surface area contributed by atoms with Crippen molar-refractivity contribution in [3.05, 3.63) is 136 Å². The van der Waals surface area contributed by atoms with Crippen LogP contribution < -0.4 is 29.6 Å². The molecule has 5 aromatic rings. The van der Waals surface area contributed by atoms with E-state index in [1.807, 2.05) is 4.90 Å². The molecule has 2 heterocycles. The maximum Gasteiger partial charge on any atom is 0.341 e. The number of carboxylic acid groups (broad SMARTS) is 5. The molecule has 5 rings (SSSR count). The van der Waals surface area contributed by atoms with Crippen molar-refractivity contribution in [1.82, 2.24) is 30.0 Å². The average Bonchev–Trinajstić information content (AvgIpc) is 1.91. The van der Waals surface area contributed by atoms with Crippen molar-refractivity contribution < 1.29 is 105 Å². The molecule has 0 aliphatic rings. The fourth-order valence-electron chi connectivity index (χ4n) is 8.04. The summed E-state index contributed by atoms with van der Waals surface area (Å²) < 4.78 is 62.8. The molecule has 0 amide bonds. The first kappa shape index (κ1) is 70.5. The largest absolute Gasteiger partial charge is 0.482 e. The first-order valence-corrected chi connectivity index (χ1v) is 28.6. The van der Waals surface area contributed by atoms with Gasteiger partial charge in [0.05, 0.1) is 68.9 Å². The quantitative estimate of drug-likeness (QED) is 0.00942. The number of esters is 2. The lowest BCUT2D eigenvalue weighted by Gasteiger charge is -2.24. The number of anilines is 1. The average molecular weight is 1280 g/mol. The fraction of sp³-hybridized carbons (Fsp3) is 0.305. The van der Waals surface area contributed by atoms with E-state index in [1.165, 1.54) is 60.4 Å². The monoisotopic (exact) mass is 1280 g/mol. The number of nitrogens with zero attached hydrogens (tertiary/aromatic N) is 5. The highest BCUT2D eigenvalue weighted by atomic mass is 32.2. The molecule has 0 aliphatic carbocycles. The van der Waals surface area contributed by atoms with Crippen molar-refractivity contribution in [2.45, 2.75) is 32.6 Å². The van der Waals surface area contributed by atoms with Crippen LogP contribution in [0.25, 0.3) is 0 Å². The third-order valence-corrected chi connectivity index (χ3v) is 12.7. The van der Waals surface area contributed by atoms with Crippen LogP contribution in [-0.4, -0.2) is 202 Å². The van der Waals surface area contributed by atoms with Crippen LogP contribution in [0.15, 0.2) is 84.9 Å². The van der Waals surface area contributed by atoms with E-state index in [2.05, 4.69) is 34.3 Å². The molecule has 0 fully saturated rings. The molecule has 0 spiro atoms. The Labute approximate surface area is 520 Å². The molecule has 476 valence electrons. The van der Waals surface area contributed by atoms with Crippen molar-refractivity contribution in [2.75, 3.05) is 91.0 Å². The van der Waals surface area contributed by atoms with Gasteiger partial charge in [0.2, 0.25) is 0 Å². The molecule has 0 aliphatic heterocycles. The fourth-order valence-corrected chi connectivity index (χ4v) is 8.62. The topological polar surface area (TPSA) is 407 Å². The number of pyridine rings is 2. The van der Waals surface area contributed by atoms with Crippen LogP contribution in [0.3, 0.4) is 0 Å². The van der Waals surface area contributed by atoms with E-state index in [4.69, 9.17) is 55.2 Å². The minimum absolute atomic E-state index is 0.00334. The third-order valence-electron chi connectivity index (χ3n) is 11.7. The maximum atomic E-state index is 12.7. The Morgan fingerprint density at radius 1 is 0.544 bits per heavy atom. The van der Waals surface area contributed by atoms with Gasteiger partial charge in [-0.2, -0.15) is 8.42 Å². The smallest absolute Gasteiger partial charge is 0.341 e. The van der Waals surface area contributed by atoms with E-state index in [1.54, 1.807) is 48.5 Å². The lowest BCUT2D eigenvalue weighted by Crippen LogP contribution is -2.35. The van der Waals surface area contributed by atoms with Gasteiger partial charge >= 0.3 is 41.8 Å². The van der Waals surface area contributed by atoms with Crippen LogP contribution in [0.4, 0.5) is 5.69 Å². The summed E-state index contributed by atoms with van der Waals surface area (Å²) in [5, 5.41) is 52.6. The first-order valence-electron chi connectivity index (χ1n) is 26.6. The Hall–Kier alpha value is -10.3. The number of carbonyl (C=O) groups excluding carboxylic acids is 3. The van der Waals surface area contributed by atoms with E-state index >= 15 is 0 Å². The number of aliphatic carboxylic acids is 5. The van der Waals surface area contributed by atoms with Gasteiger partial charge in [-0.1, -0.05) is 35.8 Å². The highest BCUT2D eigenvalue weighted by Gasteiger charge is 2.20. The standard InChI is InChI=1S/C59H61N7O22S2/c1-83-57(78)32-66(33-58(79)84-2)30-47-20-40(4-6-42-23-50(87-36-55(74)75)26-51(24-42)88-37-56(76)77)18-45(62-47)28-64(13-11-38-7-9-43(10-8-38)63-59(89)60-12-16-90(80,81)82)27-44-17-39(19-46(61-44)29-65(14-15-67)31-52(68)69)3-5-41-21-48(85-34-53(70)71)25-49(22-41)86-35-54(72)73/h7-10,15,17-26H,11-14,16,27-37H2,1-2H3,(H,68,69)(H,70,71)(H,72,73)(H,74,75)(H,76,77)(H2,60,63,89)(H,80,81,82). The summed E-state index contributed by atoms with van der Waals surface area (Å²) in [6.45, 7) is -4.74. The van der Waals surface area contributed by atoms with Gasteiger partial charge in [-0.3, -0.25) is 43.6 Å². The lowest BCUT2D eigenvalue weighted by atomic mass is 10.1. The molecule has 90 heavy (non-hydrogen) atoms. The molecule has 0 radical (unpaired) electrons. The minimum Gasteiger partial charge on any atom is -0.482 e. The molecule has 0 unspecified atom stereocenters. The van der Waals surface area contributed by atoms with Crippen molar-refractivity contribution >= 4 is 81.2 Å². The number of thiocarbonyl (C=S) groups is 1. The van der Waals surface area contributed by atoms with E-state index in [0.29, 0.717) is 46.6 Å². The van der Waals surface area contributed by atoms with Crippen LogP contribution in [0.1, 0.15) is 50.6 Å². The van der Waals surface area contributed by atoms with Gasteiger partial charge in [0, 0.05) is 79.3 Å². The van der Waals surface area contributed by atoms with Gasteiger partial charge in [-0.05, 0) is 84.9 Å². The molecule has 3 aromatic carbocycles. The summed E-state index contributed by atoms with van der Waals surface area (Å²) in [5.41, 5.74) is 3.70. The summed E-state index contributed by atoms with van der Waals surface area (Å²) in [6.07, 6.45) is 0.888. The number of rotatable bonds is 35. The zero-order valence-corrected chi connectivity index (χ0v) is 49.9. The number of benzene rings is 3. The summed E-state index contributed by atoms with van der Waals surface area (Å²) in [5.74, 6) is 3.66. The second-order valence-electron chi connectivity index (χ2n) is 19.1. The Bertz CT molecular complexity index is 3590. The van der Waals surface area contributed by atoms with Crippen molar-refractivity contribution in [1.29, 1.82) is 0 Å². The number of hydrogen-bond acceptors (Lipinski definition) is 22. The van der Waals surface area contributed by atoms with Crippen LogP contribution in [0.5, 0.6) is 23.0 Å². The zero-order chi connectivity index (χ0) is 65.8. The van der Waals surface area contributed by atoms with Crippen molar-refractivity contribution in [3.63, 3.8) is 0 Å². The molecule has 0 bridgehead atoms. The predicted octanol–water partition coefficient (Wildman–Crippen LogP) is 1.78.